The smallest absolute Gasteiger partial charge is 0.390 e. The quantitative estimate of drug-likeness (QED) is 0.423. The van der Waals surface area contributed by atoms with E-state index >= 15 is 0 Å². The topological polar surface area (TPSA) is 141 Å². The molecule has 0 atom stereocenters. The zero-order valence-corrected chi connectivity index (χ0v) is 6.97. The van der Waals surface area contributed by atoms with Gasteiger partial charge in [-0.05, 0) is 15.4 Å². The summed E-state index contributed by atoms with van der Waals surface area (Å²) in [4.78, 5) is 8.95. The Morgan fingerprint density at radius 3 is 2.64 bits per heavy atom. The van der Waals surface area contributed by atoms with Crippen molar-refractivity contribution in [1.82, 2.24) is 40.8 Å². The predicted molar refractivity (Wildman–Crippen MR) is 39.6 cm³/mol. The number of hydrogen-bond acceptors (Lipinski definition) is 8. The first-order valence-corrected chi connectivity index (χ1v) is 3.25. The maximum atomic E-state index is 9.68. The summed E-state index contributed by atoms with van der Waals surface area (Å²) in [7, 11) is 1.76. The Kier molecular flexibility index (Phi) is 3.12. The van der Waals surface area contributed by atoms with E-state index in [1.54, 1.807) is 7.05 Å². The van der Waals surface area contributed by atoms with Gasteiger partial charge in [0.15, 0.2) is 0 Å². The van der Waals surface area contributed by atoms with Crippen LogP contribution in [0.2, 0.25) is 0 Å². The molecule has 0 spiro atoms. The molecular formula is C3H5N9O2. The summed E-state index contributed by atoms with van der Waals surface area (Å²) < 4.78 is 1.53. The summed E-state index contributed by atoms with van der Waals surface area (Å²) in [6, 6.07) is 0. The van der Waals surface area contributed by atoms with Gasteiger partial charge in [0, 0.05) is 17.4 Å². The van der Waals surface area contributed by atoms with Crippen molar-refractivity contribution in [2.24, 2.45) is 7.05 Å². The summed E-state index contributed by atoms with van der Waals surface area (Å²) in [5.41, 5.74) is 0. The highest BCUT2D eigenvalue weighted by molar-refractivity contribution is 4.91. The number of aromatic amines is 1. The molecule has 14 heavy (non-hydrogen) atoms. The van der Waals surface area contributed by atoms with E-state index in [0.29, 0.717) is 0 Å². The summed E-state index contributed by atoms with van der Waals surface area (Å²) in [6.45, 7) is 0. The lowest BCUT2D eigenvalue weighted by Gasteiger charge is -1.79. The zero-order chi connectivity index (χ0) is 10.4. The van der Waals surface area contributed by atoms with Crippen molar-refractivity contribution in [2.75, 3.05) is 0 Å². The third kappa shape index (κ3) is 2.88. The van der Waals surface area contributed by atoms with Crippen LogP contribution in [0, 0.1) is 10.1 Å². The van der Waals surface area contributed by atoms with Crippen LogP contribution in [0.15, 0.2) is 6.33 Å². The van der Waals surface area contributed by atoms with E-state index < -0.39 is 10.9 Å². The Bertz CT molecular complexity index is 365. The first-order valence-electron chi connectivity index (χ1n) is 3.25. The molecule has 1 N–H and O–H groups in total. The summed E-state index contributed by atoms with van der Waals surface area (Å²) in [5.74, 6) is -0.509. The van der Waals surface area contributed by atoms with Gasteiger partial charge in [-0.1, -0.05) is 5.21 Å². The van der Waals surface area contributed by atoms with Crippen LogP contribution in [-0.4, -0.2) is 45.8 Å². The molecular weight excluding hydrogens is 194 g/mol. The fourth-order valence-electron chi connectivity index (χ4n) is 0.441. The van der Waals surface area contributed by atoms with Gasteiger partial charge in [0.25, 0.3) is 0 Å². The third-order valence-electron chi connectivity index (χ3n) is 0.949. The molecule has 0 aromatic carbocycles. The largest absolute Gasteiger partial charge is 0.514 e. The second kappa shape index (κ2) is 4.54. The Morgan fingerprint density at radius 2 is 2.43 bits per heavy atom. The minimum absolute atomic E-state index is 0.509. The highest BCUT2D eigenvalue weighted by atomic mass is 16.6. The molecule has 2 aromatic rings. The van der Waals surface area contributed by atoms with Gasteiger partial charge in [-0.25, -0.2) is 4.68 Å². The Morgan fingerprint density at radius 1 is 1.64 bits per heavy atom. The Hall–Kier alpha value is -2.46. The van der Waals surface area contributed by atoms with Crippen molar-refractivity contribution >= 4 is 5.95 Å². The van der Waals surface area contributed by atoms with Gasteiger partial charge >= 0.3 is 5.95 Å². The van der Waals surface area contributed by atoms with Gasteiger partial charge in [-0.3, -0.25) is 0 Å². The molecule has 0 amide bonds. The lowest BCUT2D eigenvalue weighted by Crippen LogP contribution is -1.88. The van der Waals surface area contributed by atoms with Crippen LogP contribution in [0.3, 0.4) is 0 Å². The molecule has 0 saturated carbocycles. The van der Waals surface area contributed by atoms with Crippen molar-refractivity contribution in [1.29, 1.82) is 0 Å². The fourth-order valence-corrected chi connectivity index (χ4v) is 0.441. The predicted octanol–water partition coefficient (Wildman–Crippen LogP) is -1.68. The second-order valence-corrected chi connectivity index (χ2v) is 1.95. The molecule has 0 saturated heterocycles. The van der Waals surface area contributed by atoms with E-state index in [1.807, 2.05) is 5.21 Å². The molecule has 74 valence electrons. The van der Waals surface area contributed by atoms with Crippen molar-refractivity contribution in [3.8, 4) is 0 Å². The standard InChI is InChI=1S/C2H4N4.CHN5O2/c1-6-2-3-4-5-6;7-6(8)1-2-4-5-3-1/h2H,1H3;(H,2,3,4,5). The molecule has 2 heterocycles. The number of rotatable bonds is 1. The molecule has 0 aliphatic rings. The molecule has 11 nitrogen and oxygen atoms in total. The molecule has 0 radical (unpaired) electrons. The summed E-state index contributed by atoms with van der Waals surface area (Å²) >= 11 is 0. The first-order chi connectivity index (χ1) is 6.70. The van der Waals surface area contributed by atoms with Crippen LogP contribution in [0.5, 0.6) is 0 Å². The summed E-state index contributed by atoms with van der Waals surface area (Å²) in [5, 5.41) is 30.9. The monoisotopic (exact) mass is 199 g/mol. The number of nitrogens with one attached hydrogen (secondary N) is 1. The van der Waals surface area contributed by atoms with Crippen LogP contribution in [0.1, 0.15) is 0 Å². The molecule has 2 aromatic heterocycles. The van der Waals surface area contributed by atoms with Crippen LogP contribution >= 0.6 is 0 Å². The fraction of sp³-hybridized carbons (Fsp3) is 0.333. The Balaban J connectivity index is 0.000000146. The van der Waals surface area contributed by atoms with E-state index in [9.17, 15) is 10.1 Å². The highest BCUT2D eigenvalue weighted by Crippen LogP contribution is 1.91. The molecule has 2 rings (SSSR count). The van der Waals surface area contributed by atoms with E-state index in [0.717, 1.165) is 0 Å². The number of hydrogen-bond donors (Lipinski definition) is 1. The lowest BCUT2D eigenvalue weighted by atomic mass is 11.1. The lowest BCUT2D eigenvalue weighted by molar-refractivity contribution is -0.394. The molecule has 0 unspecified atom stereocenters. The van der Waals surface area contributed by atoms with E-state index in [4.69, 9.17) is 0 Å². The second-order valence-electron chi connectivity index (χ2n) is 1.95. The van der Waals surface area contributed by atoms with Crippen molar-refractivity contribution < 1.29 is 4.92 Å². The minimum atomic E-state index is -0.733. The Labute approximate surface area is 76.3 Å². The van der Waals surface area contributed by atoms with Crippen molar-refractivity contribution in [3.63, 3.8) is 0 Å². The molecule has 11 heteroatoms. The van der Waals surface area contributed by atoms with Gasteiger partial charge in [0.05, 0.1) is 5.10 Å². The van der Waals surface area contributed by atoms with E-state index in [1.165, 1.54) is 11.0 Å². The number of aryl methyl sites for hydroxylation is 1. The molecule has 0 bridgehead atoms. The van der Waals surface area contributed by atoms with Crippen LogP contribution in [0.25, 0.3) is 0 Å². The third-order valence-corrected chi connectivity index (χ3v) is 0.949. The maximum absolute atomic E-state index is 9.68. The van der Waals surface area contributed by atoms with Crippen LogP contribution in [-0.2, 0) is 7.05 Å². The van der Waals surface area contributed by atoms with Crippen LogP contribution < -0.4 is 0 Å². The summed E-state index contributed by atoms with van der Waals surface area (Å²) in [6.07, 6.45) is 1.53. The normalized spacial score (nSPS) is 8.93. The first kappa shape index (κ1) is 9.63. The van der Waals surface area contributed by atoms with Gasteiger partial charge in [-0.15, -0.1) is 5.10 Å². The van der Waals surface area contributed by atoms with Gasteiger partial charge in [-0.2, -0.15) is 0 Å². The number of nitro groups is 1. The number of aromatic nitrogens is 8. The average molecular weight is 199 g/mol. The highest BCUT2D eigenvalue weighted by Gasteiger charge is 2.08. The van der Waals surface area contributed by atoms with Crippen LogP contribution in [0.4, 0.5) is 5.95 Å². The minimum Gasteiger partial charge on any atom is -0.390 e. The number of nitrogens with zero attached hydrogens (tertiary/aromatic N) is 8. The van der Waals surface area contributed by atoms with Crippen molar-refractivity contribution in [2.45, 2.75) is 0 Å². The molecule has 0 fully saturated rings. The van der Waals surface area contributed by atoms with Crippen molar-refractivity contribution in [3.05, 3.63) is 16.4 Å². The van der Waals surface area contributed by atoms with Gasteiger partial charge < -0.3 is 10.1 Å². The van der Waals surface area contributed by atoms with Gasteiger partial charge in [0.1, 0.15) is 6.33 Å². The molecule has 0 aliphatic heterocycles. The maximum Gasteiger partial charge on any atom is 0.514 e. The van der Waals surface area contributed by atoms with E-state index in [-0.39, 0.29) is 0 Å². The van der Waals surface area contributed by atoms with E-state index in [2.05, 4.69) is 30.9 Å². The average Bonchev–Trinajstić information content (AvgIpc) is 2.75. The number of H-pyrrole nitrogens is 1. The number of tetrazole rings is 2. The SMILES string of the molecule is Cn1cnnn1.O=[N+]([O-])c1nn[nH]n1. The van der Waals surface area contributed by atoms with Gasteiger partial charge in [0.2, 0.25) is 0 Å². The molecule has 0 aliphatic carbocycles. The zero-order valence-electron chi connectivity index (χ0n) is 6.97.